The van der Waals surface area contributed by atoms with Crippen LogP contribution in [0, 0.1) is 10.1 Å². The van der Waals surface area contributed by atoms with Gasteiger partial charge in [-0.05, 0) is 22.0 Å². The van der Waals surface area contributed by atoms with E-state index >= 15 is 0 Å². The molecule has 0 aliphatic heterocycles. The predicted molar refractivity (Wildman–Crippen MR) is 74.7 cm³/mol. The summed E-state index contributed by atoms with van der Waals surface area (Å²) < 4.78 is 0.489. The summed E-state index contributed by atoms with van der Waals surface area (Å²) in [5.74, 6) is -1.01. The predicted octanol–water partition coefficient (Wildman–Crippen LogP) is 2.30. The number of nitro benzene ring substituents is 1. The van der Waals surface area contributed by atoms with E-state index in [9.17, 15) is 19.7 Å². The fourth-order valence-corrected chi connectivity index (χ4v) is 1.64. The Bertz CT molecular complexity index is 549. The number of carboxylic acids is 1. The molecular formula is C11H12BrN3O5. The number of hydrogen-bond acceptors (Lipinski definition) is 4. The summed E-state index contributed by atoms with van der Waals surface area (Å²) in [5, 5.41) is 21.7. The second-order valence-corrected chi connectivity index (χ2v) is 4.77. The largest absolute Gasteiger partial charge is 0.481 e. The molecule has 0 aliphatic rings. The Morgan fingerprint density at radius 2 is 2.15 bits per heavy atom. The highest BCUT2D eigenvalue weighted by atomic mass is 79.9. The van der Waals surface area contributed by atoms with Gasteiger partial charge in [-0.1, -0.05) is 0 Å². The fraction of sp³-hybridized carbons (Fsp3) is 0.273. The van der Waals surface area contributed by atoms with Gasteiger partial charge in [0.2, 0.25) is 0 Å². The average molecular weight is 346 g/mol. The molecule has 108 valence electrons. The van der Waals surface area contributed by atoms with Gasteiger partial charge in [0.1, 0.15) is 0 Å². The van der Waals surface area contributed by atoms with Crippen LogP contribution in [-0.4, -0.2) is 40.5 Å². The summed E-state index contributed by atoms with van der Waals surface area (Å²) in [6.45, 7) is 0.0354. The minimum Gasteiger partial charge on any atom is -0.481 e. The Morgan fingerprint density at radius 1 is 1.50 bits per heavy atom. The summed E-state index contributed by atoms with van der Waals surface area (Å²) in [5.41, 5.74) is 0.0862. The topological polar surface area (TPSA) is 113 Å². The van der Waals surface area contributed by atoms with E-state index in [4.69, 9.17) is 5.11 Å². The van der Waals surface area contributed by atoms with Crippen molar-refractivity contribution in [2.24, 2.45) is 0 Å². The van der Waals surface area contributed by atoms with Crippen molar-refractivity contribution in [1.82, 2.24) is 4.90 Å². The van der Waals surface area contributed by atoms with Crippen LogP contribution in [0.2, 0.25) is 0 Å². The maximum atomic E-state index is 11.8. The first-order chi connectivity index (χ1) is 9.31. The summed E-state index contributed by atoms with van der Waals surface area (Å²) in [4.78, 5) is 33.5. The van der Waals surface area contributed by atoms with Gasteiger partial charge in [-0.15, -0.1) is 0 Å². The van der Waals surface area contributed by atoms with Crippen LogP contribution < -0.4 is 5.32 Å². The van der Waals surface area contributed by atoms with Gasteiger partial charge in [0, 0.05) is 30.2 Å². The van der Waals surface area contributed by atoms with E-state index in [0.29, 0.717) is 4.47 Å². The van der Waals surface area contributed by atoms with E-state index in [1.807, 2.05) is 0 Å². The molecule has 20 heavy (non-hydrogen) atoms. The Balaban J connectivity index is 2.77. The summed E-state index contributed by atoms with van der Waals surface area (Å²) in [7, 11) is 1.43. The highest BCUT2D eigenvalue weighted by Gasteiger charge is 2.14. The molecule has 1 aromatic carbocycles. The molecule has 0 aromatic heterocycles. The number of carbonyl (C=O) groups excluding carboxylic acids is 1. The number of carbonyl (C=O) groups is 2. The molecule has 1 rings (SSSR count). The number of nitro groups is 1. The molecule has 0 heterocycles. The number of non-ortho nitro benzene ring substituents is 1. The van der Waals surface area contributed by atoms with Crippen LogP contribution in [0.25, 0.3) is 0 Å². The van der Waals surface area contributed by atoms with E-state index in [1.165, 1.54) is 30.1 Å². The monoisotopic (exact) mass is 345 g/mol. The average Bonchev–Trinajstić information content (AvgIpc) is 2.37. The molecule has 0 spiro atoms. The molecule has 2 amide bonds. The van der Waals surface area contributed by atoms with Gasteiger partial charge in [0.05, 0.1) is 17.0 Å². The van der Waals surface area contributed by atoms with Crippen molar-refractivity contribution >= 4 is 39.3 Å². The molecule has 9 heteroatoms. The molecule has 0 bridgehead atoms. The van der Waals surface area contributed by atoms with Crippen LogP contribution in [0.3, 0.4) is 0 Å². The molecule has 8 nitrogen and oxygen atoms in total. The second kappa shape index (κ2) is 6.85. The maximum absolute atomic E-state index is 11.8. The number of amides is 2. The fourth-order valence-electron chi connectivity index (χ4n) is 1.30. The van der Waals surface area contributed by atoms with Crippen molar-refractivity contribution in [3.63, 3.8) is 0 Å². The van der Waals surface area contributed by atoms with Crippen molar-refractivity contribution in [3.05, 3.63) is 32.8 Å². The van der Waals surface area contributed by atoms with Gasteiger partial charge in [0.15, 0.2) is 0 Å². The van der Waals surface area contributed by atoms with Crippen LogP contribution in [0.15, 0.2) is 22.7 Å². The number of aliphatic carboxylic acids is 1. The maximum Gasteiger partial charge on any atom is 0.321 e. The Labute approximate surface area is 122 Å². The lowest BCUT2D eigenvalue weighted by Crippen LogP contribution is -2.33. The lowest BCUT2D eigenvalue weighted by molar-refractivity contribution is -0.384. The van der Waals surface area contributed by atoms with Gasteiger partial charge >= 0.3 is 12.0 Å². The smallest absolute Gasteiger partial charge is 0.321 e. The van der Waals surface area contributed by atoms with E-state index in [1.54, 1.807) is 0 Å². The first kappa shape index (κ1) is 15.9. The van der Waals surface area contributed by atoms with E-state index < -0.39 is 16.9 Å². The summed E-state index contributed by atoms with van der Waals surface area (Å²) in [6, 6.07) is 3.42. The SMILES string of the molecule is CN(CCC(=O)O)C(=O)Nc1cc([N+](=O)[O-])ccc1Br. The van der Waals surface area contributed by atoms with Crippen LogP contribution in [0.4, 0.5) is 16.2 Å². The molecule has 0 saturated heterocycles. The van der Waals surface area contributed by atoms with Crippen LogP contribution >= 0.6 is 15.9 Å². The van der Waals surface area contributed by atoms with Crippen molar-refractivity contribution < 1.29 is 19.6 Å². The van der Waals surface area contributed by atoms with Gasteiger partial charge < -0.3 is 15.3 Å². The quantitative estimate of drug-likeness (QED) is 0.627. The summed E-state index contributed by atoms with van der Waals surface area (Å²) in [6.07, 6.45) is -0.181. The lowest BCUT2D eigenvalue weighted by Gasteiger charge is -2.17. The third kappa shape index (κ3) is 4.50. The van der Waals surface area contributed by atoms with Gasteiger partial charge in [-0.2, -0.15) is 0 Å². The Kier molecular flexibility index (Phi) is 5.44. The number of hydrogen-bond donors (Lipinski definition) is 2. The first-order valence-corrected chi connectivity index (χ1v) is 6.28. The molecule has 0 aliphatic carbocycles. The molecule has 0 fully saturated rings. The normalized spacial score (nSPS) is 9.90. The first-order valence-electron chi connectivity index (χ1n) is 5.49. The molecule has 1 aromatic rings. The number of carboxylic acid groups (broad SMARTS) is 1. The van der Waals surface area contributed by atoms with Crippen molar-refractivity contribution in [3.8, 4) is 0 Å². The van der Waals surface area contributed by atoms with Crippen LogP contribution in [0.1, 0.15) is 6.42 Å². The Hall–Kier alpha value is -2.16. The minimum atomic E-state index is -1.01. The third-order valence-corrected chi connectivity index (χ3v) is 3.10. The van der Waals surface area contributed by atoms with E-state index in [2.05, 4.69) is 21.2 Å². The zero-order chi connectivity index (χ0) is 15.3. The molecular weight excluding hydrogens is 334 g/mol. The van der Waals surface area contributed by atoms with Crippen molar-refractivity contribution in [2.75, 3.05) is 18.9 Å². The van der Waals surface area contributed by atoms with Gasteiger partial charge in [-0.25, -0.2) is 4.79 Å². The highest BCUT2D eigenvalue weighted by molar-refractivity contribution is 9.10. The summed E-state index contributed by atoms with van der Waals surface area (Å²) >= 11 is 3.17. The third-order valence-electron chi connectivity index (χ3n) is 2.41. The number of nitrogens with zero attached hydrogens (tertiary/aromatic N) is 2. The zero-order valence-corrected chi connectivity index (χ0v) is 12.1. The Morgan fingerprint density at radius 3 is 2.70 bits per heavy atom. The number of benzene rings is 1. The molecule has 2 N–H and O–H groups in total. The number of halogens is 1. The molecule has 0 saturated carbocycles. The van der Waals surface area contributed by atoms with Crippen molar-refractivity contribution in [2.45, 2.75) is 6.42 Å². The standard InChI is InChI=1S/C11H12BrN3O5/c1-14(5-4-10(16)17)11(18)13-9-6-7(15(19)20)2-3-8(9)12/h2-3,6H,4-5H2,1H3,(H,13,18)(H,16,17). The van der Waals surface area contributed by atoms with Crippen LogP contribution in [-0.2, 0) is 4.79 Å². The van der Waals surface area contributed by atoms with E-state index in [0.717, 1.165) is 0 Å². The van der Waals surface area contributed by atoms with Gasteiger partial charge in [0.25, 0.3) is 5.69 Å². The molecule has 0 radical (unpaired) electrons. The molecule has 0 atom stereocenters. The van der Waals surface area contributed by atoms with Crippen LogP contribution in [0.5, 0.6) is 0 Å². The number of nitrogens with one attached hydrogen (secondary N) is 1. The second-order valence-electron chi connectivity index (χ2n) is 3.92. The van der Waals surface area contributed by atoms with E-state index in [-0.39, 0.29) is 24.3 Å². The zero-order valence-electron chi connectivity index (χ0n) is 10.5. The minimum absolute atomic E-state index is 0.0354. The number of urea groups is 1. The van der Waals surface area contributed by atoms with Crippen molar-refractivity contribution in [1.29, 1.82) is 0 Å². The molecule has 0 unspecified atom stereocenters. The number of anilines is 1. The highest BCUT2D eigenvalue weighted by Crippen LogP contribution is 2.27. The number of rotatable bonds is 5. The van der Waals surface area contributed by atoms with Gasteiger partial charge in [-0.3, -0.25) is 14.9 Å². The lowest BCUT2D eigenvalue weighted by atomic mass is 10.3.